The molecule has 5 aliphatic carbocycles. The second-order valence-corrected chi connectivity index (χ2v) is 16.9. The minimum Gasteiger partial charge on any atom is -0.460 e. The Labute approximate surface area is 253 Å². The van der Waals surface area contributed by atoms with Crippen LogP contribution in [0.4, 0.5) is 0 Å². The minimum absolute atomic E-state index is 0.00423. The van der Waals surface area contributed by atoms with Gasteiger partial charge in [0.15, 0.2) is 0 Å². The maximum Gasteiger partial charge on any atom is 0.313 e. The first-order valence-electron chi connectivity index (χ1n) is 16.5. The summed E-state index contributed by atoms with van der Waals surface area (Å²) in [5.74, 6) is 0.969. The lowest BCUT2D eigenvalue weighted by molar-refractivity contribution is -0.190. The summed E-state index contributed by atoms with van der Waals surface area (Å²) in [4.78, 5) is 14.2. The van der Waals surface area contributed by atoms with Crippen molar-refractivity contribution in [3.8, 4) is 0 Å². The molecule has 230 valence electrons. The standard InChI is InChI=1S/C37H53NO4/c1-32(2)17-19-37(31(40)42-23-24-11-9-8-10-12-24)20-18-35(6)25(26(37)21-32)13-14-29-34(5)22-27(38-41)30(39)33(3,4)28(34)15-16-36(29,35)7/h8-13,26,28-30,39,41H,14-23H2,1-7H3/b38-27+/t26-,28-,29+,30-,34-,35+,36+,37-/m0/s1. The molecule has 0 saturated heterocycles. The summed E-state index contributed by atoms with van der Waals surface area (Å²) in [5.41, 5.74) is 2.46. The summed E-state index contributed by atoms with van der Waals surface area (Å²) >= 11 is 0. The fourth-order valence-electron chi connectivity index (χ4n) is 11.5. The Morgan fingerprint density at radius 2 is 1.64 bits per heavy atom. The van der Waals surface area contributed by atoms with E-state index in [1.807, 2.05) is 30.3 Å². The second-order valence-electron chi connectivity index (χ2n) is 16.9. The molecule has 0 heterocycles. The Bertz CT molecular complexity index is 1300. The molecule has 5 heteroatoms. The number of esters is 1. The predicted octanol–water partition coefficient (Wildman–Crippen LogP) is 8.33. The van der Waals surface area contributed by atoms with E-state index in [2.05, 4.69) is 59.7 Å². The quantitative estimate of drug-likeness (QED) is 0.164. The average molecular weight is 576 g/mol. The number of hydrogen-bond donors (Lipinski definition) is 2. The lowest BCUT2D eigenvalue weighted by Gasteiger charge is -2.71. The highest BCUT2D eigenvalue weighted by atomic mass is 16.5. The highest BCUT2D eigenvalue weighted by Crippen LogP contribution is 2.75. The molecule has 5 aliphatic rings. The average Bonchev–Trinajstić information content (AvgIpc) is 2.94. The van der Waals surface area contributed by atoms with Crippen molar-refractivity contribution in [3.63, 3.8) is 0 Å². The summed E-state index contributed by atoms with van der Waals surface area (Å²) in [5, 5.41) is 24.8. The molecule has 4 saturated carbocycles. The van der Waals surface area contributed by atoms with E-state index in [4.69, 9.17) is 4.74 Å². The number of oxime groups is 1. The lowest BCUT2D eigenvalue weighted by atomic mass is 9.33. The Hall–Kier alpha value is -2.14. The summed E-state index contributed by atoms with van der Waals surface area (Å²) in [7, 11) is 0. The van der Waals surface area contributed by atoms with Crippen LogP contribution in [-0.2, 0) is 16.1 Å². The van der Waals surface area contributed by atoms with Gasteiger partial charge in [-0.3, -0.25) is 4.79 Å². The van der Waals surface area contributed by atoms with E-state index in [1.54, 1.807) is 0 Å². The van der Waals surface area contributed by atoms with E-state index >= 15 is 0 Å². The van der Waals surface area contributed by atoms with E-state index in [1.165, 1.54) is 5.57 Å². The van der Waals surface area contributed by atoms with Gasteiger partial charge in [0.1, 0.15) is 12.7 Å². The first-order valence-corrected chi connectivity index (χ1v) is 16.5. The second kappa shape index (κ2) is 9.68. The van der Waals surface area contributed by atoms with Crippen LogP contribution in [0.5, 0.6) is 0 Å². The van der Waals surface area contributed by atoms with Gasteiger partial charge in [-0.2, -0.15) is 0 Å². The number of ether oxygens (including phenoxy) is 1. The highest BCUT2D eigenvalue weighted by molar-refractivity contribution is 5.90. The molecular formula is C37H53NO4. The molecule has 1 aromatic rings. The fraction of sp³-hybridized carbons (Fsp3) is 0.730. The lowest BCUT2D eigenvalue weighted by Crippen LogP contribution is -2.66. The third kappa shape index (κ3) is 4.04. The number of carbonyl (C=O) groups is 1. The van der Waals surface area contributed by atoms with Crippen molar-refractivity contribution in [3.05, 3.63) is 47.5 Å². The van der Waals surface area contributed by atoms with Crippen LogP contribution in [0.3, 0.4) is 0 Å². The molecule has 0 spiro atoms. The van der Waals surface area contributed by atoms with Crippen molar-refractivity contribution in [2.45, 2.75) is 119 Å². The van der Waals surface area contributed by atoms with Gasteiger partial charge in [0, 0.05) is 0 Å². The smallest absolute Gasteiger partial charge is 0.313 e. The predicted molar refractivity (Wildman–Crippen MR) is 166 cm³/mol. The minimum atomic E-state index is -0.711. The van der Waals surface area contributed by atoms with Gasteiger partial charge in [-0.25, -0.2) is 0 Å². The number of nitrogens with zero attached hydrogens (tertiary/aromatic N) is 1. The molecule has 5 nitrogen and oxygen atoms in total. The molecule has 0 radical (unpaired) electrons. The third-order valence-electron chi connectivity index (χ3n) is 14.1. The Morgan fingerprint density at radius 1 is 0.952 bits per heavy atom. The van der Waals surface area contributed by atoms with Gasteiger partial charge in [-0.05, 0) is 108 Å². The number of hydrogen-bond acceptors (Lipinski definition) is 5. The number of benzene rings is 1. The number of rotatable bonds is 3. The van der Waals surface area contributed by atoms with Crippen LogP contribution in [0, 0.1) is 50.2 Å². The highest BCUT2D eigenvalue weighted by Gasteiger charge is 2.70. The summed E-state index contributed by atoms with van der Waals surface area (Å²) in [6.07, 6.45) is 10.5. The molecule has 0 amide bonds. The van der Waals surface area contributed by atoms with Crippen LogP contribution in [0.1, 0.15) is 112 Å². The van der Waals surface area contributed by atoms with Gasteiger partial charge in [0.05, 0.1) is 11.1 Å². The molecule has 0 aliphatic heterocycles. The number of fused-ring (bicyclic) bond motifs is 7. The summed E-state index contributed by atoms with van der Waals surface area (Å²) in [6, 6.07) is 10.1. The Balaban J connectivity index is 1.38. The van der Waals surface area contributed by atoms with Crippen molar-refractivity contribution in [2.24, 2.45) is 55.4 Å². The van der Waals surface area contributed by atoms with Crippen molar-refractivity contribution >= 4 is 11.7 Å². The zero-order valence-electron chi connectivity index (χ0n) is 27.0. The monoisotopic (exact) mass is 575 g/mol. The van der Waals surface area contributed by atoms with Crippen molar-refractivity contribution in [1.29, 1.82) is 0 Å². The van der Waals surface area contributed by atoms with Gasteiger partial charge in [0.25, 0.3) is 0 Å². The van der Waals surface area contributed by atoms with Crippen LogP contribution in [-0.4, -0.2) is 28.1 Å². The molecular weight excluding hydrogens is 522 g/mol. The van der Waals surface area contributed by atoms with Gasteiger partial charge in [0.2, 0.25) is 0 Å². The van der Waals surface area contributed by atoms with Gasteiger partial charge < -0.3 is 15.1 Å². The molecule has 6 rings (SSSR count). The van der Waals surface area contributed by atoms with Crippen LogP contribution in [0.15, 0.2) is 47.1 Å². The van der Waals surface area contributed by atoms with E-state index in [-0.39, 0.29) is 39.0 Å². The number of carbonyl (C=O) groups excluding carboxylic acids is 1. The first-order chi connectivity index (χ1) is 19.6. The number of aliphatic hydroxyl groups is 1. The topological polar surface area (TPSA) is 79.1 Å². The zero-order valence-corrected chi connectivity index (χ0v) is 27.0. The first kappa shape index (κ1) is 29.9. The molecule has 2 N–H and O–H groups in total. The maximum absolute atomic E-state index is 14.2. The van der Waals surface area contributed by atoms with Crippen LogP contribution in [0.25, 0.3) is 0 Å². The molecule has 0 unspecified atom stereocenters. The maximum atomic E-state index is 14.2. The molecule has 8 atom stereocenters. The van der Waals surface area contributed by atoms with E-state index in [9.17, 15) is 15.1 Å². The van der Waals surface area contributed by atoms with Crippen molar-refractivity contribution < 1.29 is 19.8 Å². The molecule has 0 bridgehead atoms. The van der Waals surface area contributed by atoms with Crippen molar-refractivity contribution in [2.75, 3.05) is 0 Å². The van der Waals surface area contributed by atoms with Crippen LogP contribution < -0.4 is 0 Å². The van der Waals surface area contributed by atoms with Gasteiger partial charge in [-0.15, -0.1) is 0 Å². The number of aliphatic hydroxyl groups excluding tert-OH is 1. The molecule has 4 fully saturated rings. The summed E-state index contributed by atoms with van der Waals surface area (Å²) < 4.78 is 6.16. The molecule has 0 aromatic heterocycles. The fourth-order valence-corrected chi connectivity index (χ4v) is 11.5. The zero-order chi connectivity index (χ0) is 30.3. The van der Waals surface area contributed by atoms with E-state index < -0.39 is 11.5 Å². The van der Waals surface area contributed by atoms with Gasteiger partial charge >= 0.3 is 5.97 Å². The third-order valence-corrected chi connectivity index (χ3v) is 14.1. The molecule has 42 heavy (non-hydrogen) atoms. The van der Waals surface area contributed by atoms with E-state index in [0.29, 0.717) is 30.6 Å². The summed E-state index contributed by atoms with van der Waals surface area (Å²) in [6.45, 7) is 16.9. The normalized spacial score (nSPS) is 44.6. The van der Waals surface area contributed by atoms with Gasteiger partial charge in [-0.1, -0.05) is 95.6 Å². The largest absolute Gasteiger partial charge is 0.460 e. The number of allylic oxidation sites excluding steroid dienone is 2. The Kier molecular flexibility index (Phi) is 6.89. The molecule has 1 aromatic carbocycles. The SMILES string of the molecule is CC1(C)CC[C@]2(C(=O)OCc3ccccc3)CC[C@]3(C)C(=CC[C@@H]4[C@@]5(C)C/C(=N\O)[C@H](O)C(C)(C)[C@@H]5CC[C@]43C)[C@@H]2C1. The Morgan fingerprint density at radius 3 is 2.33 bits per heavy atom. The van der Waals surface area contributed by atoms with Crippen LogP contribution >= 0.6 is 0 Å². The van der Waals surface area contributed by atoms with E-state index in [0.717, 1.165) is 56.9 Å². The van der Waals surface area contributed by atoms with Crippen molar-refractivity contribution in [1.82, 2.24) is 0 Å². The van der Waals surface area contributed by atoms with Crippen LogP contribution in [0.2, 0.25) is 0 Å².